The maximum Gasteiger partial charge on any atom is 0.268 e. The summed E-state index contributed by atoms with van der Waals surface area (Å²) in [5.74, 6) is 0. The fraction of sp³-hybridized carbons (Fsp3) is 0.125. The second kappa shape index (κ2) is 5.90. The molecule has 2 aromatic heterocycles. The molecule has 0 unspecified atom stereocenters. The van der Waals surface area contributed by atoms with E-state index in [1.54, 1.807) is 36.5 Å². The van der Waals surface area contributed by atoms with Crippen molar-refractivity contribution >= 4 is 43.1 Å². The molecule has 23 heavy (non-hydrogen) atoms. The number of benzene rings is 1. The summed E-state index contributed by atoms with van der Waals surface area (Å²) in [5.41, 5.74) is 2.10. The molecule has 118 valence electrons. The van der Waals surface area contributed by atoms with Crippen molar-refractivity contribution < 1.29 is 13.2 Å². The number of aryl methyl sites for hydroxylation is 1. The largest absolute Gasteiger partial charge is 0.303 e. The van der Waals surface area contributed by atoms with Gasteiger partial charge < -0.3 is 4.79 Å². The maximum absolute atomic E-state index is 12.9. The molecule has 0 bridgehead atoms. The Bertz CT molecular complexity index is 992. The van der Waals surface area contributed by atoms with Gasteiger partial charge in [-0.15, -0.1) is 0 Å². The molecule has 7 heteroatoms. The highest BCUT2D eigenvalue weighted by Gasteiger charge is 2.21. The lowest BCUT2D eigenvalue weighted by Gasteiger charge is -2.08. The van der Waals surface area contributed by atoms with Gasteiger partial charge >= 0.3 is 0 Å². The van der Waals surface area contributed by atoms with Crippen LogP contribution in [0.2, 0.25) is 0 Å². The van der Waals surface area contributed by atoms with Gasteiger partial charge in [-0.25, -0.2) is 17.4 Å². The number of carbonyl (C=O) groups is 1. The molecule has 0 radical (unpaired) electrons. The van der Waals surface area contributed by atoms with Crippen molar-refractivity contribution in [3.63, 3.8) is 0 Å². The Morgan fingerprint density at radius 2 is 1.96 bits per heavy atom. The van der Waals surface area contributed by atoms with E-state index in [4.69, 9.17) is 0 Å². The number of hydrogen-bond donors (Lipinski definition) is 0. The third-order valence-corrected chi connectivity index (χ3v) is 5.71. The number of halogens is 1. The number of hydrogen-bond acceptors (Lipinski definition) is 4. The molecule has 0 aliphatic rings. The highest BCUT2D eigenvalue weighted by molar-refractivity contribution is 9.10. The minimum atomic E-state index is -3.74. The fourth-order valence-electron chi connectivity index (χ4n) is 2.41. The van der Waals surface area contributed by atoms with Gasteiger partial charge in [0.25, 0.3) is 10.0 Å². The third kappa shape index (κ3) is 2.82. The van der Waals surface area contributed by atoms with Crippen molar-refractivity contribution in [3.05, 3.63) is 58.5 Å². The Morgan fingerprint density at radius 3 is 2.61 bits per heavy atom. The topological polar surface area (TPSA) is 69.0 Å². The molecule has 0 fully saturated rings. The molecule has 0 amide bonds. The lowest BCUT2D eigenvalue weighted by molar-refractivity contribution is -0.107. The highest BCUT2D eigenvalue weighted by atomic mass is 79.9. The van der Waals surface area contributed by atoms with Gasteiger partial charge in [0.1, 0.15) is 10.9 Å². The number of carbonyl (C=O) groups excluding carboxylic acids is 1. The zero-order valence-corrected chi connectivity index (χ0v) is 14.6. The molecule has 0 spiro atoms. The van der Waals surface area contributed by atoms with Crippen LogP contribution < -0.4 is 0 Å². The van der Waals surface area contributed by atoms with E-state index in [0.717, 1.165) is 11.8 Å². The lowest BCUT2D eigenvalue weighted by atomic mass is 10.2. The Balaban J connectivity index is 2.28. The summed E-state index contributed by atoms with van der Waals surface area (Å²) in [5, 5.41) is 0.649. The lowest BCUT2D eigenvalue weighted by Crippen LogP contribution is -2.11. The molecular weight excluding hydrogens is 380 g/mol. The van der Waals surface area contributed by atoms with Crippen LogP contribution in [-0.4, -0.2) is 23.7 Å². The minimum Gasteiger partial charge on any atom is -0.303 e. The summed E-state index contributed by atoms with van der Waals surface area (Å²) in [6.45, 7) is 1.90. The maximum atomic E-state index is 12.9. The van der Waals surface area contributed by atoms with Gasteiger partial charge in [0, 0.05) is 24.2 Å². The summed E-state index contributed by atoms with van der Waals surface area (Å²) in [6.07, 6.45) is 3.94. The van der Waals surface area contributed by atoms with Crippen molar-refractivity contribution in [3.8, 4) is 0 Å². The van der Waals surface area contributed by atoms with Crippen LogP contribution in [0.15, 0.2) is 52.2 Å². The summed E-state index contributed by atoms with van der Waals surface area (Å²) in [7, 11) is -3.74. The average molecular weight is 393 g/mol. The number of pyridine rings is 1. The van der Waals surface area contributed by atoms with Crippen LogP contribution >= 0.6 is 15.9 Å². The van der Waals surface area contributed by atoms with E-state index >= 15 is 0 Å². The molecule has 0 saturated carbocycles. The number of aromatic nitrogens is 2. The minimum absolute atomic E-state index is 0.135. The zero-order valence-electron chi connectivity index (χ0n) is 12.2. The SMILES string of the molecule is Cc1ccc(S(=O)(=O)n2cc(CC=O)c3cnc(Br)cc32)cc1. The molecule has 0 aliphatic carbocycles. The van der Waals surface area contributed by atoms with Gasteiger partial charge in [-0.05, 0) is 46.6 Å². The third-order valence-electron chi connectivity index (χ3n) is 3.59. The summed E-state index contributed by atoms with van der Waals surface area (Å²) in [4.78, 5) is 15.2. The van der Waals surface area contributed by atoms with Crippen LogP contribution in [0.4, 0.5) is 0 Å². The first-order chi connectivity index (χ1) is 10.9. The zero-order chi connectivity index (χ0) is 16.6. The van der Waals surface area contributed by atoms with Crippen LogP contribution in [-0.2, 0) is 21.2 Å². The number of aldehydes is 1. The molecule has 0 atom stereocenters. The van der Waals surface area contributed by atoms with E-state index in [2.05, 4.69) is 20.9 Å². The van der Waals surface area contributed by atoms with E-state index in [1.165, 1.54) is 10.2 Å². The van der Waals surface area contributed by atoms with Gasteiger partial charge in [-0.1, -0.05) is 17.7 Å². The first-order valence-corrected chi connectivity index (χ1v) is 9.08. The van der Waals surface area contributed by atoms with E-state index in [0.29, 0.717) is 21.1 Å². The second-order valence-corrected chi connectivity index (χ2v) is 7.79. The molecule has 0 aliphatic heterocycles. The molecule has 3 rings (SSSR count). The number of fused-ring (bicyclic) bond motifs is 1. The van der Waals surface area contributed by atoms with Crippen molar-refractivity contribution in [1.82, 2.24) is 8.96 Å². The van der Waals surface area contributed by atoms with Crippen LogP contribution in [0.25, 0.3) is 10.9 Å². The first-order valence-electron chi connectivity index (χ1n) is 6.85. The monoisotopic (exact) mass is 392 g/mol. The van der Waals surface area contributed by atoms with E-state index < -0.39 is 10.0 Å². The average Bonchev–Trinajstić information content (AvgIpc) is 2.87. The Morgan fingerprint density at radius 1 is 1.26 bits per heavy atom. The molecule has 0 saturated heterocycles. The fourth-order valence-corrected chi connectivity index (χ4v) is 4.11. The van der Waals surface area contributed by atoms with E-state index in [9.17, 15) is 13.2 Å². The van der Waals surface area contributed by atoms with Crippen LogP contribution in [0.5, 0.6) is 0 Å². The van der Waals surface area contributed by atoms with Crippen molar-refractivity contribution in [1.29, 1.82) is 0 Å². The Labute approximate surface area is 142 Å². The van der Waals surface area contributed by atoms with Crippen molar-refractivity contribution in [2.24, 2.45) is 0 Å². The van der Waals surface area contributed by atoms with Crippen molar-refractivity contribution in [2.45, 2.75) is 18.2 Å². The van der Waals surface area contributed by atoms with Gasteiger partial charge in [0.15, 0.2) is 0 Å². The van der Waals surface area contributed by atoms with Gasteiger partial charge in [0.05, 0.1) is 10.4 Å². The standard InChI is InChI=1S/C16H13BrN2O3S/c1-11-2-4-13(5-3-11)23(21,22)19-10-12(6-7-20)14-9-18-16(17)8-15(14)19/h2-5,7-10H,6H2,1H3. The van der Waals surface area contributed by atoms with Gasteiger partial charge in [0.2, 0.25) is 0 Å². The Kier molecular flexibility index (Phi) is 4.08. The number of nitrogens with zero attached hydrogens (tertiary/aromatic N) is 2. The smallest absolute Gasteiger partial charge is 0.268 e. The predicted molar refractivity (Wildman–Crippen MR) is 91.0 cm³/mol. The van der Waals surface area contributed by atoms with Gasteiger partial charge in [-0.2, -0.15) is 0 Å². The van der Waals surface area contributed by atoms with Crippen LogP contribution in [0, 0.1) is 6.92 Å². The molecular formula is C16H13BrN2O3S. The predicted octanol–water partition coefficient (Wildman–Crippen LogP) is 3.09. The summed E-state index contributed by atoms with van der Waals surface area (Å²) in [6, 6.07) is 8.29. The number of rotatable bonds is 4. The first kappa shape index (κ1) is 15.9. The molecule has 5 nitrogen and oxygen atoms in total. The van der Waals surface area contributed by atoms with Crippen LogP contribution in [0.1, 0.15) is 11.1 Å². The molecule has 0 N–H and O–H groups in total. The molecule has 1 aromatic carbocycles. The Hall–Kier alpha value is -1.99. The quantitative estimate of drug-likeness (QED) is 0.505. The van der Waals surface area contributed by atoms with Crippen molar-refractivity contribution in [2.75, 3.05) is 0 Å². The summed E-state index contributed by atoms with van der Waals surface area (Å²) >= 11 is 3.26. The molecule has 3 aromatic rings. The van der Waals surface area contributed by atoms with E-state index in [1.807, 2.05) is 6.92 Å². The van der Waals surface area contributed by atoms with E-state index in [-0.39, 0.29) is 11.3 Å². The van der Waals surface area contributed by atoms with Gasteiger partial charge in [-0.3, -0.25) is 0 Å². The second-order valence-electron chi connectivity index (χ2n) is 5.16. The summed E-state index contributed by atoms with van der Waals surface area (Å²) < 4.78 is 27.6. The van der Waals surface area contributed by atoms with Crippen LogP contribution in [0.3, 0.4) is 0 Å². The normalized spacial score (nSPS) is 11.7. The highest BCUT2D eigenvalue weighted by Crippen LogP contribution is 2.27. The molecule has 2 heterocycles.